The number of carbonyl (C=O) groups excluding carboxylic acids is 1. The van der Waals surface area contributed by atoms with Crippen LogP contribution in [0.25, 0.3) is 0 Å². The van der Waals surface area contributed by atoms with Crippen LogP contribution in [-0.4, -0.2) is 37.0 Å². The van der Waals surface area contributed by atoms with Crippen molar-refractivity contribution in [3.8, 4) is 11.6 Å². The second-order valence-electron chi connectivity index (χ2n) is 6.77. The van der Waals surface area contributed by atoms with E-state index >= 15 is 0 Å². The molecule has 0 aliphatic carbocycles. The van der Waals surface area contributed by atoms with Gasteiger partial charge >= 0.3 is 0 Å². The smallest absolute Gasteiger partial charge is 0.258 e. The minimum Gasteiger partial charge on any atom is -0.494 e. The summed E-state index contributed by atoms with van der Waals surface area (Å²) in [6.45, 7) is 0.771. The third-order valence-electron chi connectivity index (χ3n) is 4.78. The van der Waals surface area contributed by atoms with Crippen molar-refractivity contribution in [1.82, 2.24) is 20.4 Å². The van der Waals surface area contributed by atoms with Gasteiger partial charge < -0.3 is 20.1 Å². The van der Waals surface area contributed by atoms with E-state index in [-0.39, 0.29) is 29.3 Å². The average Bonchev–Trinajstić information content (AvgIpc) is 3.18. The Kier molecular flexibility index (Phi) is 7.19. The molecule has 2 aromatic carbocycles. The minimum atomic E-state index is -0.855. The molecular weight excluding hydrogens is 406 g/mol. The van der Waals surface area contributed by atoms with Gasteiger partial charge in [-0.05, 0) is 30.3 Å². The van der Waals surface area contributed by atoms with Crippen LogP contribution in [0.4, 0.5) is 8.78 Å². The van der Waals surface area contributed by atoms with E-state index in [4.69, 9.17) is 9.47 Å². The highest BCUT2D eigenvalue weighted by Crippen LogP contribution is 2.23. The molecule has 3 aromatic rings. The summed E-state index contributed by atoms with van der Waals surface area (Å²) < 4.78 is 40.0. The summed E-state index contributed by atoms with van der Waals surface area (Å²) in [4.78, 5) is 12.7. The monoisotopic (exact) mass is 430 g/mol. The number of methoxy groups -OCH3 is 2. The Bertz CT molecular complexity index is 1070. The molecule has 1 heterocycles. The molecular formula is C22H24F2N4O3. The van der Waals surface area contributed by atoms with Crippen LogP contribution >= 0.6 is 0 Å². The van der Waals surface area contributed by atoms with Gasteiger partial charge in [0.2, 0.25) is 5.88 Å². The van der Waals surface area contributed by atoms with Gasteiger partial charge in [-0.1, -0.05) is 24.3 Å². The van der Waals surface area contributed by atoms with E-state index in [0.717, 1.165) is 17.2 Å². The number of rotatable bonds is 9. The van der Waals surface area contributed by atoms with Gasteiger partial charge in [0.25, 0.3) is 5.91 Å². The van der Waals surface area contributed by atoms with Gasteiger partial charge in [0, 0.05) is 24.8 Å². The Hall–Kier alpha value is -3.46. The first-order chi connectivity index (χ1) is 15.0. The van der Waals surface area contributed by atoms with E-state index in [1.54, 1.807) is 10.9 Å². The van der Waals surface area contributed by atoms with Gasteiger partial charge in [-0.3, -0.25) is 9.48 Å². The van der Waals surface area contributed by atoms with E-state index in [1.807, 2.05) is 31.3 Å². The molecule has 0 atom stereocenters. The molecule has 0 saturated carbocycles. The number of halogens is 2. The Balaban J connectivity index is 1.78. The number of ether oxygens (including phenoxy) is 2. The largest absolute Gasteiger partial charge is 0.494 e. The van der Waals surface area contributed by atoms with Crippen molar-refractivity contribution in [3.05, 3.63) is 76.5 Å². The summed E-state index contributed by atoms with van der Waals surface area (Å²) in [5.74, 6) is -2.17. The van der Waals surface area contributed by atoms with Crippen LogP contribution in [0.5, 0.6) is 11.6 Å². The lowest BCUT2D eigenvalue weighted by Gasteiger charge is -2.10. The van der Waals surface area contributed by atoms with Gasteiger partial charge in [-0.25, -0.2) is 8.78 Å². The molecule has 1 aromatic heterocycles. The molecule has 31 heavy (non-hydrogen) atoms. The highest BCUT2D eigenvalue weighted by molar-refractivity contribution is 5.96. The maximum absolute atomic E-state index is 14.3. The number of nitrogens with zero attached hydrogens (tertiary/aromatic N) is 2. The molecule has 164 valence electrons. The van der Waals surface area contributed by atoms with Gasteiger partial charge in [-0.15, -0.1) is 5.10 Å². The maximum atomic E-state index is 14.3. The van der Waals surface area contributed by atoms with E-state index in [0.29, 0.717) is 13.1 Å². The lowest BCUT2D eigenvalue weighted by Crippen LogP contribution is -2.24. The number of aromatic nitrogens is 2. The minimum absolute atomic E-state index is 0.101. The first kappa shape index (κ1) is 22.2. The molecule has 9 heteroatoms. The van der Waals surface area contributed by atoms with Crippen molar-refractivity contribution in [2.75, 3.05) is 21.3 Å². The number of carbonyl (C=O) groups is 1. The van der Waals surface area contributed by atoms with Crippen LogP contribution in [-0.2, 0) is 19.6 Å². The standard InChI is InChI=1S/C22H24F2N4O3/c1-25-10-14-6-4-5-7-15(14)12-28-13-17(22(27-28)31-3)21(29)26-11-16-18(23)8-9-19(30-2)20(16)24/h4-9,13,25H,10-12H2,1-3H3,(H,26,29). The molecule has 0 unspecified atom stereocenters. The van der Waals surface area contributed by atoms with Crippen LogP contribution in [0.3, 0.4) is 0 Å². The fourth-order valence-corrected chi connectivity index (χ4v) is 3.20. The lowest BCUT2D eigenvalue weighted by atomic mass is 10.1. The molecule has 0 spiro atoms. The normalized spacial score (nSPS) is 10.7. The predicted molar refractivity (Wildman–Crippen MR) is 111 cm³/mol. The highest BCUT2D eigenvalue weighted by atomic mass is 19.1. The summed E-state index contributed by atoms with van der Waals surface area (Å²) in [7, 11) is 4.55. The van der Waals surface area contributed by atoms with Gasteiger partial charge in [0.05, 0.1) is 20.8 Å². The average molecular weight is 430 g/mol. The van der Waals surface area contributed by atoms with E-state index < -0.39 is 17.5 Å². The first-order valence-electron chi connectivity index (χ1n) is 9.60. The Labute approximate surface area is 179 Å². The molecule has 0 fully saturated rings. The number of nitrogens with one attached hydrogen (secondary N) is 2. The summed E-state index contributed by atoms with van der Waals surface area (Å²) in [6, 6.07) is 10.2. The number of hydrogen-bond donors (Lipinski definition) is 2. The molecule has 3 rings (SSSR count). The third kappa shape index (κ3) is 5.00. The number of benzene rings is 2. The quantitative estimate of drug-likeness (QED) is 0.546. The highest BCUT2D eigenvalue weighted by Gasteiger charge is 2.20. The zero-order valence-electron chi connectivity index (χ0n) is 17.5. The summed E-state index contributed by atoms with van der Waals surface area (Å²) >= 11 is 0. The Morgan fingerprint density at radius 2 is 1.81 bits per heavy atom. The van der Waals surface area contributed by atoms with Crippen LogP contribution in [0.1, 0.15) is 27.0 Å². The Morgan fingerprint density at radius 3 is 2.48 bits per heavy atom. The van der Waals surface area contributed by atoms with E-state index in [2.05, 4.69) is 15.7 Å². The van der Waals surface area contributed by atoms with Gasteiger partial charge in [-0.2, -0.15) is 0 Å². The number of amides is 1. The zero-order chi connectivity index (χ0) is 22.4. The SMILES string of the molecule is CNCc1ccccc1Cn1cc(C(=O)NCc2c(F)ccc(OC)c2F)c(OC)n1. The third-order valence-corrected chi connectivity index (χ3v) is 4.78. The van der Waals surface area contributed by atoms with Crippen molar-refractivity contribution in [2.24, 2.45) is 0 Å². The first-order valence-corrected chi connectivity index (χ1v) is 9.60. The predicted octanol–water partition coefficient (Wildman–Crippen LogP) is 2.88. The van der Waals surface area contributed by atoms with Crippen LogP contribution in [0.15, 0.2) is 42.6 Å². The summed E-state index contributed by atoms with van der Waals surface area (Å²) in [5.41, 5.74) is 2.02. The molecule has 1 amide bonds. The Morgan fingerprint density at radius 1 is 1.06 bits per heavy atom. The number of hydrogen-bond acceptors (Lipinski definition) is 5. The molecule has 0 saturated heterocycles. The van der Waals surface area contributed by atoms with Crippen molar-refractivity contribution >= 4 is 5.91 Å². The van der Waals surface area contributed by atoms with Crippen LogP contribution < -0.4 is 20.1 Å². The van der Waals surface area contributed by atoms with E-state index in [9.17, 15) is 13.6 Å². The second-order valence-corrected chi connectivity index (χ2v) is 6.77. The topological polar surface area (TPSA) is 77.4 Å². The van der Waals surface area contributed by atoms with Crippen molar-refractivity contribution in [3.63, 3.8) is 0 Å². The van der Waals surface area contributed by atoms with Crippen LogP contribution in [0, 0.1) is 11.6 Å². The molecule has 2 N–H and O–H groups in total. The molecule has 0 aliphatic rings. The van der Waals surface area contributed by atoms with Gasteiger partial charge in [0.15, 0.2) is 11.6 Å². The molecule has 0 radical (unpaired) electrons. The fourth-order valence-electron chi connectivity index (χ4n) is 3.20. The second kappa shape index (κ2) is 10.0. The molecule has 0 bridgehead atoms. The molecule has 7 nitrogen and oxygen atoms in total. The van der Waals surface area contributed by atoms with Crippen molar-refractivity contribution < 1.29 is 23.0 Å². The summed E-state index contributed by atoms with van der Waals surface area (Å²) in [5, 5.41) is 9.94. The molecule has 0 aliphatic heterocycles. The van der Waals surface area contributed by atoms with Crippen LogP contribution in [0.2, 0.25) is 0 Å². The maximum Gasteiger partial charge on any atom is 0.258 e. The zero-order valence-corrected chi connectivity index (χ0v) is 17.5. The fraction of sp³-hybridized carbons (Fsp3) is 0.273. The van der Waals surface area contributed by atoms with Crippen molar-refractivity contribution in [1.29, 1.82) is 0 Å². The van der Waals surface area contributed by atoms with E-state index in [1.165, 1.54) is 20.3 Å². The van der Waals surface area contributed by atoms with Crippen molar-refractivity contribution in [2.45, 2.75) is 19.6 Å². The lowest BCUT2D eigenvalue weighted by molar-refractivity contribution is 0.0947. The van der Waals surface area contributed by atoms with Gasteiger partial charge in [0.1, 0.15) is 11.4 Å². The summed E-state index contributed by atoms with van der Waals surface area (Å²) in [6.07, 6.45) is 1.54.